The van der Waals surface area contributed by atoms with Crippen LogP contribution in [0.15, 0.2) is 30.3 Å². The van der Waals surface area contributed by atoms with Crippen LogP contribution in [-0.4, -0.2) is 29.7 Å². The Kier molecular flexibility index (Phi) is 4.37. The van der Waals surface area contributed by atoms with Crippen molar-refractivity contribution in [1.29, 1.82) is 0 Å². The maximum atomic E-state index is 11.7. The highest BCUT2D eigenvalue weighted by Gasteiger charge is 2.39. The van der Waals surface area contributed by atoms with E-state index in [1.54, 1.807) is 7.11 Å². The fraction of sp³-hybridized carbons (Fsp3) is 0.444. The van der Waals surface area contributed by atoms with Gasteiger partial charge in [-0.25, -0.2) is 4.98 Å². The Balaban J connectivity index is 1.85. The lowest BCUT2D eigenvalue weighted by molar-refractivity contribution is -0.150. The Hall–Kier alpha value is -2.30. The fourth-order valence-corrected chi connectivity index (χ4v) is 3.36. The smallest absolute Gasteiger partial charge is 0.311 e. The highest BCUT2D eigenvalue weighted by atomic mass is 16.5. The number of nitrogens with one attached hydrogen (secondary N) is 1. The molecule has 2 aromatic rings. The lowest BCUT2D eigenvalue weighted by Crippen LogP contribution is -2.39. The summed E-state index contributed by atoms with van der Waals surface area (Å²) >= 11 is 0. The zero-order valence-corrected chi connectivity index (χ0v) is 13.3. The second-order valence-corrected chi connectivity index (χ2v) is 6.23. The van der Waals surface area contributed by atoms with Crippen LogP contribution >= 0.6 is 0 Å². The number of methoxy groups -OCH3 is 1. The average molecular weight is 314 g/mol. The molecule has 0 amide bonds. The zero-order valence-electron chi connectivity index (χ0n) is 13.3. The quantitative estimate of drug-likeness (QED) is 0.880. The van der Waals surface area contributed by atoms with Gasteiger partial charge in [0, 0.05) is 18.0 Å². The Morgan fingerprint density at radius 1 is 1.30 bits per heavy atom. The van der Waals surface area contributed by atoms with Gasteiger partial charge >= 0.3 is 5.97 Å². The fourth-order valence-electron chi connectivity index (χ4n) is 3.36. The molecule has 1 heterocycles. The van der Waals surface area contributed by atoms with Crippen molar-refractivity contribution in [2.24, 2.45) is 5.41 Å². The molecule has 0 atom stereocenters. The van der Waals surface area contributed by atoms with Gasteiger partial charge in [0.1, 0.15) is 11.6 Å². The SMILES string of the molecule is COc1cc(NCC2(C(=O)O)CCCCC2)nc2ccccc12. The van der Waals surface area contributed by atoms with Gasteiger partial charge in [-0.1, -0.05) is 31.4 Å². The van der Waals surface area contributed by atoms with Crippen LogP contribution in [0.1, 0.15) is 32.1 Å². The van der Waals surface area contributed by atoms with Crippen LogP contribution in [0, 0.1) is 5.41 Å². The van der Waals surface area contributed by atoms with Gasteiger partial charge in [-0.05, 0) is 25.0 Å². The first kappa shape index (κ1) is 15.6. The highest BCUT2D eigenvalue weighted by Crippen LogP contribution is 2.37. The normalized spacial score (nSPS) is 16.9. The number of aromatic nitrogens is 1. The molecule has 0 unspecified atom stereocenters. The number of benzene rings is 1. The number of ether oxygens (including phenoxy) is 1. The first-order valence-electron chi connectivity index (χ1n) is 8.06. The minimum Gasteiger partial charge on any atom is -0.496 e. The summed E-state index contributed by atoms with van der Waals surface area (Å²) in [4.78, 5) is 16.3. The van der Waals surface area contributed by atoms with Gasteiger partial charge in [0.05, 0.1) is 18.0 Å². The summed E-state index contributed by atoms with van der Waals surface area (Å²) in [7, 11) is 1.63. The summed E-state index contributed by atoms with van der Waals surface area (Å²) in [5.41, 5.74) is 0.154. The number of nitrogens with zero attached hydrogens (tertiary/aromatic N) is 1. The largest absolute Gasteiger partial charge is 0.496 e. The van der Waals surface area contributed by atoms with Gasteiger partial charge in [-0.3, -0.25) is 4.79 Å². The number of carboxylic acids is 1. The zero-order chi connectivity index (χ0) is 16.3. The van der Waals surface area contributed by atoms with Gasteiger partial charge in [0.25, 0.3) is 0 Å². The number of pyridine rings is 1. The number of aliphatic carboxylic acids is 1. The van der Waals surface area contributed by atoms with Crippen molar-refractivity contribution in [3.8, 4) is 5.75 Å². The summed E-state index contributed by atoms with van der Waals surface area (Å²) in [5, 5.41) is 13.8. The Labute approximate surface area is 135 Å². The molecule has 2 N–H and O–H groups in total. The third-order valence-corrected chi connectivity index (χ3v) is 4.77. The van der Waals surface area contributed by atoms with Gasteiger partial charge in [-0.15, -0.1) is 0 Å². The number of carbonyl (C=O) groups is 1. The number of fused-ring (bicyclic) bond motifs is 1. The van der Waals surface area contributed by atoms with Crippen LogP contribution in [0.3, 0.4) is 0 Å². The minimum atomic E-state index is -0.711. The second-order valence-electron chi connectivity index (χ2n) is 6.23. The lowest BCUT2D eigenvalue weighted by atomic mass is 9.74. The van der Waals surface area contributed by atoms with E-state index in [-0.39, 0.29) is 0 Å². The van der Waals surface area contributed by atoms with E-state index >= 15 is 0 Å². The maximum Gasteiger partial charge on any atom is 0.311 e. The summed E-state index contributed by atoms with van der Waals surface area (Å²) in [5.74, 6) is 0.690. The van der Waals surface area contributed by atoms with Gasteiger partial charge < -0.3 is 15.2 Å². The molecule has 1 saturated carbocycles. The van der Waals surface area contributed by atoms with E-state index in [4.69, 9.17) is 4.74 Å². The Morgan fingerprint density at radius 2 is 2.04 bits per heavy atom. The predicted molar refractivity (Wildman–Crippen MR) is 89.9 cm³/mol. The van der Waals surface area contributed by atoms with Crippen LogP contribution in [0.2, 0.25) is 0 Å². The second kappa shape index (κ2) is 6.44. The van der Waals surface area contributed by atoms with Crippen molar-refractivity contribution in [3.05, 3.63) is 30.3 Å². The molecule has 0 aliphatic heterocycles. The van der Waals surface area contributed by atoms with E-state index in [9.17, 15) is 9.90 Å². The Morgan fingerprint density at radius 3 is 2.74 bits per heavy atom. The molecule has 1 aliphatic carbocycles. The summed E-state index contributed by atoms with van der Waals surface area (Å²) < 4.78 is 5.44. The summed E-state index contributed by atoms with van der Waals surface area (Å²) in [6.07, 6.45) is 4.52. The van der Waals surface area contributed by atoms with E-state index in [2.05, 4.69) is 10.3 Å². The minimum absolute atomic E-state index is 0.400. The van der Waals surface area contributed by atoms with E-state index in [0.29, 0.717) is 12.4 Å². The van der Waals surface area contributed by atoms with E-state index in [1.165, 1.54) is 0 Å². The summed E-state index contributed by atoms with van der Waals surface area (Å²) in [6, 6.07) is 9.60. The van der Waals surface area contributed by atoms with Gasteiger partial charge in [0.15, 0.2) is 0 Å². The third kappa shape index (κ3) is 3.09. The van der Waals surface area contributed by atoms with Gasteiger partial charge in [0.2, 0.25) is 0 Å². The molecular weight excluding hydrogens is 292 g/mol. The first-order chi connectivity index (χ1) is 11.1. The molecular formula is C18H22N2O3. The van der Waals surface area contributed by atoms with Crippen LogP contribution in [-0.2, 0) is 4.79 Å². The number of para-hydroxylation sites is 1. The third-order valence-electron chi connectivity index (χ3n) is 4.77. The number of rotatable bonds is 5. The molecule has 1 aromatic heterocycles. The number of anilines is 1. The van der Waals surface area contributed by atoms with Crippen molar-refractivity contribution in [1.82, 2.24) is 4.98 Å². The highest BCUT2D eigenvalue weighted by molar-refractivity contribution is 5.87. The van der Waals surface area contributed by atoms with Crippen LogP contribution < -0.4 is 10.1 Å². The first-order valence-corrected chi connectivity index (χ1v) is 8.06. The van der Waals surface area contributed by atoms with E-state index < -0.39 is 11.4 Å². The molecule has 23 heavy (non-hydrogen) atoms. The average Bonchev–Trinajstić information content (AvgIpc) is 2.60. The number of carboxylic acid groups (broad SMARTS) is 1. The van der Waals surface area contributed by atoms with Gasteiger partial charge in [-0.2, -0.15) is 0 Å². The lowest BCUT2D eigenvalue weighted by Gasteiger charge is -2.33. The standard InChI is InChI=1S/C18H22N2O3/c1-23-15-11-16(20-14-8-4-3-7-13(14)15)19-12-18(17(21)22)9-5-2-6-10-18/h3-4,7-8,11H,2,5-6,9-10,12H2,1H3,(H,19,20)(H,21,22). The molecule has 1 aromatic carbocycles. The van der Waals surface area contributed by atoms with Crippen molar-refractivity contribution in [3.63, 3.8) is 0 Å². The molecule has 0 radical (unpaired) electrons. The van der Waals surface area contributed by atoms with Crippen molar-refractivity contribution in [2.45, 2.75) is 32.1 Å². The molecule has 0 saturated heterocycles. The molecule has 122 valence electrons. The van der Waals surface area contributed by atoms with E-state index in [0.717, 1.165) is 48.8 Å². The topological polar surface area (TPSA) is 71.5 Å². The molecule has 5 nitrogen and oxygen atoms in total. The Bertz CT molecular complexity index is 708. The number of hydrogen-bond donors (Lipinski definition) is 2. The summed E-state index contributed by atoms with van der Waals surface area (Å²) in [6.45, 7) is 0.400. The van der Waals surface area contributed by atoms with Crippen molar-refractivity contribution < 1.29 is 14.6 Å². The van der Waals surface area contributed by atoms with Crippen molar-refractivity contribution in [2.75, 3.05) is 19.0 Å². The molecule has 0 spiro atoms. The molecule has 1 aliphatic rings. The maximum absolute atomic E-state index is 11.7. The van der Waals surface area contributed by atoms with E-state index in [1.807, 2.05) is 30.3 Å². The number of hydrogen-bond acceptors (Lipinski definition) is 4. The van der Waals surface area contributed by atoms with Crippen LogP contribution in [0.5, 0.6) is 5.75 Å². The molecule has 1 fully saturated rings. The van der Waals surface area contributed by atoms with Crippen LogP contribution in [0.25, 0.3) is 10.9 Å². The monoisotopic (exact) mass is 314 g/mol. The van der Waals surface area contributed by atoms with Crippen molar-refractivity contribution >= 4 is 22.7 Å². The molecule has 0 bridgehead atoms. The molecule has 5 heteroatoms. The predicted octanol–water partition coefficient (Wildman–Crippen LogP) is 3.69. The van der Waals surface area contributed by atoms with Crippen LogP contribution in [0.4, 0.5) is 5.82 Å². The molecule has 3 rings (SSSR count).